The van der Waals surface area contributed by atoms with Crippen LogP contribution in [-0.2, 0) is 0 Å². The van der Waals surface area contributed by atoms with Gasteiger partial charge in [0.05, 0.1) is 12.4 Å². The highest BCUT2D eigenvalue weighted by Gasteiger charge is 2.38. The predicted molar refractivity (Wildman–Crippen MR) is 45.9 cm³/mol. The van der Waals surface area contributed by atoms with E-state index in [2.05, 4.69) is 30.6 Å². The summed E-state index contributed by atoms with van der Waals surface area (Å²) in [4.78, 5) is 7.28. The molecule has 0 fully saturated rings. The second-order valence-corrected chi connectivity index (χ2v) is 3.29. The van der Waals surface area contributed by atoms with E-state index in [1.54, 1.807) is 0 Å². The van der Waals surface area contributed by atoms with E-state index >= 15 is 0 Å². The second-order valence-electron chi connectivity index (χ2n) is 2.48. The molecule has 0 spiro atoms. The first-order valence-corrected chi connectivity index (χ1v) is 4.40. The van der Waals surface area contributed by atoms with Crippen molar-refractivity contribution in [1.82, 2.24) is 9.97 Å². The van der Waals surface area contributed by atoms with Crippen LogP contribution in [0.25, 0.3) is 0 Å². The average Bonchev–Trinajstić information content (AvgIpc) is 2.07. The SMILES string of the molecule is CC(Oc1cnc(Br)cn1)C(F)(F)F. The largest absolute Gasteiger partial charge is 0.464 e. The molecule has 1 aromatic heterocycles. The van der Waals surface area contributed by atoms with Gasteiger partial charge in [-0.15, -0.1) is 0 Å². The fourth-order valence-corrected chi connectivity index (χ4v) is 0.814. The van der Waals surface area contributed by atoms with Crippen LogP contribution in [0.4, 0.5) is 13.2 Å². The summed E-state index contributed by atoms with van der Waals surface area (Å²) >= 11 is 3.00. The standard InChI is InChI=1S/C7H6BrF3N2O/c1-4(7(9,10)11)14-6-3-12-5(8)2-13-6/h2-4H,1H3. The van der Waals surface area contributed by atoms with E-state index in [4.69, 9.17) is 0 Å². The lowest BCUT2D eigenvalue weighted by atomic mass is 10.4. The molecule has 1 heterocycles. The van der Waals surface area contributed by atoms with Crippen molar-refractivity contribution in [2.24, 2.45) is 0 Å². The van der Waals surface area contributed by atoms with E-state index in [1.807, 2.05) is 0 Å². The molecule has 1 unspecified atom stereocenters. The number of ether oxygens (including phenoxy) is 1. The van der Waals surface area contributed by atoms with Crippen molar-refractivity contribution in [2.75, 3.05) is 0 Å². The maximum atomic E-state index is 12.0. The van der Waals surface area contributed by atoms with Crippen molar-refractivity contribution >= 4 is 15.9 Å². The normalized spacial score (nSPS) is 13.8. The van der Waals surface area contributed by atoms with Gasteiger partial charge in [-0.3, -0.25) is 0 Å². The molecule has 0 aliphatic heterocycles. The van der Waals surface area contributed by atoms with E-state index in [9.17, 15) is 13.2 Å². The van der Waals surface area contributed by atoms with Crippen LogP contribution in [0.2, 0.25) is 0 Å². The molecule has 1 aromatic rings. The third-order valence-electron chi connectivity index (χ3n) is 1.36. The number of aromatic nitrogens is 2. The number of hydrogen-bond acceptors (Lipinski definition) is 3. The zero-order chi connectivity index (χ0) is 10.8. The predicted octanol–water partition coefficient (Wildman–Crippen LogP) is 2.57. The van der Waals surface area contributed by atoms with Gasteiger partial charge in [-0.1, -0.05) is 0 Å². The Balaban J connectivity index is 2.65. The third-order valence-corrected chi connectivity index (χ3v) is 1.76. The van der Waals surface area contributed by atoms with E-state index in [1.165, 1.54) is 6.20 Å². The molecule has 78 valence electrons. The lowest BCUT2D eigenvalue weighted by Gasteiger charge is -2.16. The summed E-state index contributed by atoms with van der Waals surface area (Å²) in [5, 5.41) is 0. The van der Waals surface area contributed by atoms with Crippen molar-refractivity contribution in [1.29, 1.82) is 0 Å². The topological polar surface area (TPSA) is 35.0 Å². The number of rotatable bonds is 2. The molecule has 0 saturated carbocycles. The Hall–Kier alpha value is -0.850. The van der Waals surface area contributed by atoms with E-state index in [0.29, 0.717) is 4.60 Å². The van der Waals surface area contributed by atoms with Gasteiger partial charge < -0.3 is 4.74 Å². The van der Waals surface area contributed by atoms with Crippen molar-refractivity contribution in [3.63, 3.8) is 0 Å². The molecule has 14 heavy (non-hydrogen) atoms. The molecule has 0 aliphatic carbocycles. The van der Waals surface area contributed by atoms with Crippen LogP contribution in [0.15, 0.2) is 17.0 Å². The van der Waals surface area contributed by atoms with Crippen molar-refractivity contribution in [3.05, 3.63) is 17.0 Å². The first kappa shape index (κ1) is 11.2. The summed E-state index contributed by atoms with van der Waals surface area (Å²) in [5.74, 6) is -0.155. The van der Waals surface area contributed by atoms with E-state index in [0.717, 1.165) is 13.1 Å². The van der Waals surface area contributed by atoms with Gasteiger partial charge in [-0.2, -0.15) is 13.2 Å². The van der Waals surface area contributed by atoms with Gasteiger partial charge in [0, 0.05) is 0 Å². The molecule has 7 heteroatoms. The molecule has 0 radical (unpaired) electrons. The summed E-state index contributed by atoms with van der Waals surface area (Å²) in [7, 11) is 0. The highest BCUT2D eigenvalue weighted by atomic mass is 79.9. The van der Waals surface area contributed by atoms with Crippen LogP contribution in [-0.4, -0.2) is 22.2 Å². The van der Waals surface area contributed by atoms with Crippen LogP contribution in [0.3, 0.4) is 0 Å². The summed E-state index contributed by atoms with van der Waals surface area (Å²) in [6, 6.07) is 0. The lowest BCUT2D eigenvalue weighted by molar-refractivity contribution is -0.190. The molecule has 0 aromatic carbocycles. The van der Waals surface area contributed by atoms with Crippen molar-refractivity contribution in [3.8, 4) is 5.88 Å². The molecule has 0 N–H and O–H groups in total. The molecule has 1 atom stereocenters. The van der Waals surface area contributed by atoms with E-state index in [-0.39, 0.29) is 5.88 Å². The highest BCUT2D eigenvalue weighted by molar-refractivity contribution is 9.10. The van der Waals surface area contributed by atoms with Gasteiger partial charge in [0.15, 0.2) is 6.10 Å². The van der Waals surface area contributed by atoms with Crippen LogP contribution in [0.1, 0.15) is 6.92 Å². The minimum atomic E-state index is -4.39. The molecule has 1 rings (SSSR count). The fourth-order valence-electron chi connectivity index (χ4n) is 0.609. The van der Waals surface area contributed by atoms with Crippen molar-refractivity contribution in [2.45, 2.75) is 19.2 Å². The van der Waals surface area contributed by atoms with Crippen LogP contribution >= 0.6 is 15.9 Å². The number of nitrogens with zero attached hydrogens (tertiary/aromatic N) is 2. The summed E-state index contributed by atoms with van der Waals surface area (Å²) in [6.45, 7) is 0.906. The average molecular weight is 271 g/mol. The molecule has 0 aliphatic rings. The minimum Gasteiger partial charge on any atom is -0.464 e. The van der Waals surface area contributed by atoms with Crippen LogP contribution < -0.4 is 4.74 Å². The molecular weight excluding hydrogens is 265 g/mol. The first-order chi connectivity index (χ1) is 6.39. The molecule has 0 bridgehead atoms. The fraction of sp³-hybridized carbons (Fsp3) is 0.429. The van der Waals surface area contributed by atoms with Gasteiger partial charge in [0.1, 0.15) is 4.60 Å². The van der Waals surface area contributed by atoms with Crippen LogP contribution in [0.5, 0.6) is 5.88 Å². The zero-order valence-corrected chi connectivity index (χ0v) is 8.63. The lowest BCUT2D eigenvalue weighted by Crippen LogP contribution is -2.31. The minimum absolute atomic E-state index is 0.155. The molecule has 0 amide bonds. The number of hydrogen-bond donors (Lipinski definition) is 0. The highest BCUT2D eigenvalue weighted by Crippen LogP contribution is 2.23. The molecule has 3 nitrogen and oxygen atoms in total. The quantitative estimate of drug-likeness (QED) is 0.829. The first-order valence-electron chi connectivity index (χ1n) is 3.60. The smallest absolute Gasteiger partial charge is 0.425 e. The Morgan fingerprint density at radius 2 is 2.00 bits per heavy atom. The summed E-state index contributed by atoms with van der Waals surface area (Å²) < 4.78 is 41.0. The molecular formula is C7H6BrF3N2O. The zero-order valence-electron chi connectivity index (χ0n) is 7.05. The van der Waals surface area contributed by atoms with Gasteiger partial charge in [0.25, 0.3) is 0 Å². The molecule has 0 saturated heterocycles. The Bertz CT molecular complexity index is 301. The van der Waals surface area contributed by atoms with E-state index < -0.39 is 12.3 Å². The summed E-state index contributed by atoms with van der Waals surface area (Å²) in [5.41, 5.74) is 0. The Labute approximate surface area is 86.4 Å². The maximum Gasteiger partial charge on any atom is 0.425 e. The number of halogens is 4. The summed E-state index contributed by atoms with van der Waals surface area (Å²) in [6.07, 6.45) is -3.91. The maximum absolute atomic E-state index is 12.0. The monoisotopic (exact) mass is 270 g/mol. The van der Waals surface area contributed by atoms with Gasteiger partial charge in [-0.25, -0.2) is 9.97 Å². The Morgan fingerprint density at radius 1 is 1.36 bits per heavy atom. The van der Waals surface area contributed by atoms with Crippen molar-refractivity contribution < 1.29 is 17.9 Å². The Kier molecular flexibility index (Phi) is 3.30. The Morgan fingerprint density at radius 3 is 2.43 bits per heavy atom. The van der Waals surface area contributed by atoms with Gasteiger partial charge in [0.2, 0.25) is 5.88 Å². The van der Waals surface area contributed by atoms with Crippen LogP contribution in [0, 0.1) is 0 Å². The third kappa shape index (κ3) is 3.13. The van der Waals surface area contributed by atoms with Gasteiger partial charge >= 0.3 is 6.18 Å². The second kappa shape index (κ2) is 4.12. The van der Waals surface area contributed by atoms with Gasteiger partial charge in [-0.05, 0) is 22.9 Å². The number of alkyl halides is 3.